The van der Waals surface area contributed by atoms with E-state index >= 15 is 4.39 Å². The van der Waals surface area contributed by atoms with Crippen LogP contribution in [0.1, 0.15) is 37.4 Å². The number of thioether (sulfide) groups is 1. The quantitative estimate of drug-likeness (QED) is 0.255. The maximum Gasteiger partial charge on any atom is 0.303 e. The number of rotatable bonds is 11. The maximum atomic E-state index is 15.6. The number of carboxylic acids is 1. The summed E-state index contributed by atoms with van der Waals surface area (Å²) in [6.07, 6.45) is 1.87. The molecule has 194 valence electrons. The number of likely N-dealkylation sites (tertiary alicyclic amines) is 1. The molecule has 0 bridgehead atoms. The molecule has 1 saturated heterocycles. The van der Waals surface area contributed by atoms with Crippen molar-refractivity contribution in [2.75, 3.05) is 32.5 Å². The van der Waals surface area contributed by atoms with Crippen molar-refractivity contribution >= 4 is 51.6 Å². The first kappa shape index (κ1) is 27.1. The van der Waals surface area contributed by atoms with Crippen molar-refractivity contribution in [2.24, 2.45) is 11.8 Å². The molecule has 2 aromatic heterocycles. The zero-order chi connectivity index (χ0) is 25.7. The third kappa shape index (κ3) is 6.68. The molecule has 1 aromatic carbocycles. The van der Waals surface area contributed by atoms with E-state index in [9.17, 15) is 14.3 Å². The fraction of sp³-hybridized carbons (Fsp3) is 0.462. The Labute approximate surface area is 222 Å². The van der Waals surface area contributed by atoms with Crippen LogP contribution in [-0.2, 0) is 4.79 Å². The minimum Gasteiger partial charge on any atom is -0.497 e. The van der Waals surface area contributed by atoms with Gasteiger partial charge in [0.05, 0.1) is 21.9 Å². The summed E-state index contributed by atoms with van der Waals surface area (Å²) in [4.78, 5) is 18.1. The molecule has 0 saturated carbocycles. The van der Waals surface area contributed by atoms with Gasteiger partial charge in [0.2, 0.25) is 0 Å². The average Bonchev–Trinajstić information content (AvgIpc) is 3.27. The van der Waals surface area contributed by atoms with E-state index in [0.717, 1.165) is 25.3 Å². The van der Waals surface area contributed by atoms with Crippen LogP contribution in [-0.4, -0.2) is 53.5 Å². The lowest BCUT2D eigenvalue weighted by molar-refractivity contribution is -0.139. The molecule has 1 aliphatic rings. The Hall–Kier alpha value is -1.94. The summed E-state index contributed by atoms with van der Waals surface area (Å²) in [6.45, 7) is 2.23. The van der Waals surface area contributed by atoms with Crippen molar-refractivity contribution in [1.29, 1.82) is 0 Å². The van der Waals surface area contributed by atoms with E-state index in [1.54, 1.807) is 30.7 Å². The van der Waals surface area contributed by atoms with Crippen molar-refractivity contribution in [3.8, 4) is 5.75 Å². The number of carbonyl (C=O) groups is 1. The maximum absolute atomic E-state index is 15.6. The van der Waals surface area contributed by atoms with Gasteiger partial charge in [-0.1, -0.05) is 11.6 Å². The number of carboxylic acid groups (broad SMARTS) is 1. The van der Waals surface area contributed by atoms with Gasteiger partial charge in [0, 0.05) is 42.4 Å². The smallest absolute Gasteiger partial charge is 0.303 e. The highest BCUT2D eigenvalue weighted by Gasteiger charge is 2.31. The van der Waals surface area contributed by atoms with Gasteiger partial charge in [-0.25, -0.2) is 8.78 Å². The third-order valence-electron chi connectivity index (χ3n) is 6.81. The molecular weight excluding hydrogens is 526 g/mol. The number of methoxy groups -OCH3 is 1. The summed E-state index contributed by atoms with van der Waals surface area (Å²) >= 11 is 9.26. The van der Waals surface area contributed by atoms with Crippen molar-refractivity contribution < 1.29 is 23.4 Å². The zero-order valence-corrected chi connectivity index (χ0v) is 22.4. The number of pyridine rings is 1. The number of alkyl halides is 1. The first-order valence-electron chi connectivity index (χ1n) is 11.9. The molecule has 1 N–H and O–H groups in total. The van der Waals surface area contributed by atoms with Gasteiger partial charge in [-0.2, -0.15) is 0 Å². The third-order valence-corrected chi connectivity index (χ3v) is 9.28. The molecule has 3 aromatic rings. The predicted octanol–water partition coefficient (Wildman–Crippen LogP) is 7.09. The summed E-state index contributed by atoms with van der Waals surface area (Å²) in [5.74, 6) is 0.374. The van der Waals surface area contributed by atoms with Gasteiger partial charge >= 0.3 is 5.97 Å². The number of piperidine rings is 1. The summed E-state index contributed by atoms with van der Waals surface area (Å²) in [6, 6.07) is 6.78. The van der Waals surface area contributed by atoms with Gasteiger partial charge in [0.15, 0.2) is 0 Å². The number of benzene rings is 1. The second-order valence-corrected chi connectivity index (χ2v) is 11.7. The number of aliphatic carboxylic acids is 1. The summed E-state index contributed by atoms with van der Waals surface area (Å²) in [5.41, 5.74) is 1.06. The number of fused-ring (bicyclic) bond motifs is 1. The van der Waals surface area contributed by atoms with Crippen molar-refractivity contribution in [2.45, 2.75) is 36.1 Å². The highest BCUT2D eigenvalue weighted by molar-refractivity contribution is 8.01. The van der Waals surface area contributed by atoms with E-state index in [2.05, 4.69) is 9.88 Å². The molecule has 3 heterocycles. The van der Waals surface area contributed by atoms with E-state index in [1.807, 2.05) is 0 Å². The Bertz CT molecular complexity index is 1200. The Morgan fingerprint density at radius 3 is 2.94 bits per heavy atom. The lowest BCUT2D eigenvalue weighted by Crippen LogP contribution is -2.42. The standard InChI is InChI=1S/C26H29ClF2N2O3S2/c1-34-18-3-5-23-19(13-18)25(20(27)14-30-23)21(28)4-2-16-6-8-31(15-17(16)12-24(32)33)9-11-36-26-22(29)7-10-35-26/h3,5,7,10,13-14,16-17,21H,2,4,6,8-9,11-12,15H2,1H3,(H,32,33). The monoisotopic (exact) mass is 554 g/mol. The molecule has 0 spiro atoms. The van der Waals surface area contributed by atoms with Crippen LogP contribution in [0, 0.1) is 17.7 Å². The minimum atomic E-state index is -1.30. The molecule has 36 heavy (non-hydrogen) atoms. The number of thiophene rings is 1. The molecule has 5 nitrogen and oxygen atoms in total. The predicted molar refractivity (Wildman–Crippen MR) is 142 cm³/mol. The van der Waals surface area contributed by atoms with Gasteiger partial charge in [-0.15, -0.1) is 23.1 Å². The summed E-state index contributed by atoms with van der Waals surface area (Å²) in [7, 11) is 1.56. The minimum absolute atomic E-state index is 0.0565. The van der Waals surface area contributed by atoms with Crippen LogP contribution in [0.2, 0.25) is 5.02 Å². The lowest BCUT2D eigenvalue weighted by atomic mass is 9.79. The lowest BCUT2D eigenvalue weighted by Gasteiger charge is -2.38. The molecule has 0 radical (unpaired) electrons. The fourth-order valence-corrected chi connectivity index (χ4v) is 7.15. The van der Waals surface area contributed by atoms with Crippen LogP contribution in [0.5, 0.6) is 5.75 Å². The first-order valence-corrected chi connectivity index (χ1v) is 14.2. The van der Waals surface area contributed by atoms with Gasteiger partial charge < -0.3 is 14.7 Å². The molecule has 0 amide bonds. The van der Waals surface area contributed by atoms with E-state index in [1.165, 1.54) is 35.4 Å². The van der Waals surface area contributed by atoms with Crippen LogP contribution < -0.4 is 4.74 Å². The number of hydrogen-bond acceptors (Lipinski definition) is 6. The van der Waals surface area contributed by atoms with Gasteiger partial charge in [-0.3, -0.25) is 9.78 Å². The van der Waals surface area contributed by atoms with Gasteiger partial charge in [0.25, 0.3) is 0 Å². The molecule has 4 rings (SSSR count). The molecule has 10 heteroatoms. The number of hydrogen-bond donors (Lipinski definition) is 1. The van der Waals surface area contributed by atoms with Crippen LogP contribution in [0.25, 0.3) is 10.9 Å². The second kappa shape index (κ2) is 12.5. The van der Waals surface area contributed by atoms with Crippen LogP contribution >= 0.6 is 34.7 Å². The number of aromatic nitrogens is 1. The molecule has 3 unspecified atom stereocenters. The number of ether oxygens (including phenoxy) is 1. The molecule has 0 aliphatic carbocycles. The highest BCUT2D eigenvalue weighted by Crippen LogP contribution is 2.39. The SMILES string of the molecule is COc1ccc2ncc(Cl)c(C(F)CCC3CCN(CCSc4sccc4F)CC3CC(=O)O)c2c1. The van der Waals surface area contributed by atoms with Gasteiger partial charge in [0.1, 0.15) is 17.7 Å². The van der Waals surface area contributed by atoms with Gasteiger partial charge in [-0.05, 0) is 67.3 Å². The number of halogens is 3. The molecule has 1 fully saturated rings. The Morgan fingerprint density at radius 1 is 1.39 bits per heavy atom. The fourth-order valence-electron chi connectivity index (χ4n) is 4.96. The summed E-state index contributed by atoms with van der Waals surface area (Å²) in [5, 5.41) is 12.1. The van der Waals surface area contributed by atoms with Crippen LogP contribution in [0.4, 0.5) is 8.78 Å². The Balaban J connectivity index is 1.38. The topological polar surface area (TPSA) is 62.7 Å². The molecule has 3 atom stereocenters. The van der Waals surface area contributed by atoms with E-state index < -0.39 is 12.1 Å². The van der Waals surface area contributed by atoms with E-state index in [0.29, 0.717) is 39.4 Å². The number of nitrogens with zero attached hydrogens (tertiary/aromatic N) is 2. The first-order chi connectivity index (χ1) is 17.4. The largest absolute Gasteiger partial charge is 0.497 e. The Kier molecular flexibility index (Phi) is 9.44. The van der Waals surface area contributed by atoms with E-state index in [-0.39, 0.29) is 35.5 Å². The van der Waals surface area contributed by atoms with Crippen molar-refractivity contribution in [3.05, 3.63) is 52.2 Å². The second-order valence-electron chi connectivity index (χ2n) is 9.06. The Morgan fingerprint density at radius 2 is 2.22 bits per heavy atom. The normalized spacial score (nSPS) is 19.4. The zero-order valence-electron chi connectivity index (χ0n) is 20.0. The average molecular weight is 555 g/mol. The molecular formula is C26H29ClF2N2O3S2. The van der Waals surface area contributed by atoms with Crippen molar-refractivity contribution in [1.82, 2.24) is 9.88 Å². The van der Waals surface area contributed by atoms with E-state index in [4.69, 9.17) is 16.3 Å². The highest BCUT2D eigenvalue weighted by atomic mass is 35.5. The van der Waals surface area contributed by atoms with Crippen LogP contribution in [0.15, 0.2) is 40.1 Å². The van der Waals surface area contributed by atoms with Crippen LogP contribution in [0.3, 0.4) is 0 Å². The van der Waals surface area contributed by atoms with Crippen molar-refractivity contribution in [3.63, 3.8) is 0 Å². The summed E-state index contributed by atoms with van der Waals surface area (Å²) < 4.78 is 35.2. The molecule has 1 aliphatic heterocycles.